The molecule has 4 aliphatic rings. The first-order valence-electron chi connectivity index (χ1n) is 9.46. The summed E-state index contributed by atoms with van der Waals surface area (Å²) in [5.41, 5.74) is 0. The van der Waals surface area contributed by atoms with Crippen LogP contribution in [0.2, 0.25) is 0 Å². The fraction of sp³-hybridized carbons (Fsp3) is 0.895. The highest BCUT2D eigenvalue weighted by Crippen LogP contribution is 2.49. The lowest BCUT2D eigenvalue weighted by molar-refractivity contribution is -0.138. The maximum Gasteiger partial charge on any atom is 0.223 e. The molecule has 1 N–H and O–H groups in total. The molecule has 22 heavy (non-hydrogen) atoms. The predicted octanol–water partition coefficient (Wildman–Crippen LogP) is 3.32. The smallest absolute Gasteiger partial charge is 0.223 e. The highest BCUT2D eigenvalue weighted by molar-refractivity contribution is 5.88. The van der Waals surface area contributed by atoms with Gasteiger partial charge in [0.2, 0.25) is 5.91 Å². The minimum Gasteiger partial charge on any atom is -0.353 e. The highest BCUT2D eigenvalue weighted by atomic mass is 16.2. The van der Waals surface area contributed by atoms with Gasteiger partial charge in [-0.05, 0) is 69.6 Å². The van der Waals surface area contributed by atoms with Gasteiger partial charge >= 0.3 is 0 Å². The van der Waals surface area contributed by atoms with Crippen molar-refractivity contribution in [3.8, 4) is 0 Å². The van der Waals surface area contributed by atoms with E-state index in [1.807, 2.05) is 0 Å². The van der Waals surface area contributed by atoms with Crippen LogP contribution in [0.4, 0.5) is 0 Å². The molecule has 0 aliphatic heterocycles. The quantitative estimate of drug-likeness (QED) is 0.869. The fourth-order valence-electron chi connectivity index (χ4n) is 6.05. The summed E-state index contributed by atoms with van der Waals surface area (Å²) >= 11 is 0. The minimum absolute atomic E-state index is 0.0917. The number of Topliss-reactive ketones (excluding diaryl/α,β-unsaturated/α-hetero) is 1. The van der Waals surface area contributed by atoms with E-state index in [1.165, 1.54) is 32.1 Å². The van der Waals surface area contributed by atoms with E-state index in [1.54, 1.807) is 0 Å². The van der Waals surface area contributed by atoms with Crippen molar-refractivity contribution in [1.29, 1.82) is 0 Å². The van der Waals surface area contributed by atoms with E-state index in [-0.39, 0.29) is 23.7 Å². The Morgan fingerprint density at radius 2 is 1.77 bits per heavy atom. The van der Waals surface area contributed by atoms with Gasteiger partial charge in [0.05, 0.1) is 0 Å². The molecular weight excluding hydrogens is 274 g/mol. The van der Waals surface area contributed by atoms with Crippen molar-refractivity contribution < 1.29 is 9.59 Å². The lowest BCUT2D eigenvalue weighted by Gasteiger charge is -2.38. The summed E-state index contributed by atoms with van der Waals surface area (Å²) in [5.74, 6) is 3.63. The van der Waals surface area contributed by atoms with Gasteiger partial charge < -0.3 is 5.32 Å². The molecular formula is C19H29NO2. The molecule has 4 rings (SSSR count). The molecule has 3 nitrogen and oxygen atoms in total. The summed E-state index contributed by atoms with van der Waals surface area (Å²) < 4.78 is 0. The van der Waals surface area contributed by atoms with Crippen LogP contribution in [-0.4, -0.2) is 17.7 Å². The van der Waals surface area contributed by atoms with Crippen LogP contribution in [0.1, 0.15) is 64.7 Å². The van der Waals surface area contributed by atoms with Crippen molar-refractivity contribution in [3.63, 3.8) is 0 Å². The number of amides is 1. The van der Waals surface area contributed by atoms with Gasteiger partial charge in [-0.3, -0.25) is 9.59 Å². The van der Waals surface area contributed by atoms with Crippen LogP contribution in [0.5, 0.6) is 0 Å². The minimum atomic E-state index is 0.0917. The highest BCUT2D eigenvalue weighted by Gasteiger charge is 2.44. The summed E-state index contributed by atoms with van der Waals surface area (Å²) in [6.07, 6.45) is 10.3. The summed E-state index contributed by atoms with van der Waals surface area (Å²) in [6, 6.07) is 0.320. The third kappa shape index (κ3) is 2.51. The van der Waals surface area contributed by atoms with E-state index in [9.17, 15) is 9.59 Å². The van der Waals surface area contributed by atoms with Crippen molar-refractivity contribution in [2.45, 2.75) is 70.8 Å². The second kappa shape index (κ2) is 5.65. The van der Waals surface area contributed by atoms with E-state index in [0.717, 1.165) is 37.5 Å². The van der Waals surface area contributed by atoms with E-state index in [2.05, 4.69) is 12.2 Å². The monoisotopic (exact) mass is 303 g/mol. The molecule has 0 aromatic carbocycles. The Labute approximate surface area is 133 Å². The van der Waals surface area contributed by atoms with Crippen molar-refractivity contribution in [2.24, 2.45) is 35.5 Å². The predicted molar refractivity (Wildman–Crippen MR) is 85.1 cm³/mol. The first-order valence-corrected chi connectivity index (χ1v) is 9.46. The van der Waals surface area contributed by atoms with Gasteiger partial charge in [-0.15, -0.1) is 0 Å². The first kappa shape index (κ1) is 14.7. The summed E-state index contributed by atoms with van der Waals surface area (Å²) in [6.45, 7) is 2.21. The van der Waals surface area contributed by atoms with Gasteiger partial charge in [0.25, 0.3) is 0 Å². The Kier molecular flexibility index (Phi) is 3.78. The zero-order valence-electron chi connectivity index (χ0n) is 13.7. The maximum atomic E-state index is 12.7. The number of carbonyl (C=O) groups excluding carboxylic acids is 2. The van der Waals surface area contributed by atoms with Crippen LogP contribution in [0.15, 0.2) is 0 Å². The third-order valence-electron chi connectivity index (χ3n) is 7.22. The SMILES string of the molecule is CC(NC(=O)C1CC2CCCC(C1)C2=O)C1CC2CCC1C2. The molecule has 3 heteroatoms. The molecule has 0 aromatic rings. The molecule has 4 fully saturated rings. The lowest BCUT2D eigenvalue weighted by Crippen LogP contribution is -2.47. The zero-order chi connectivity index (χ0) is 15.3. The number of hydrogen-bond acceptors (Lipinski definition) is 2. The molecule has 0 radical (unpaired) electrons. The van der Waals surface area contributed by atoms with Crippen LogP contribution in [0.25, 0.3) is 0 Å². The molecule has 4 aliphatic carbocycles. The Hall–Kier alpha value is -0.860. The number of fused-ring (bicyclic) bond motifs is 4. The van der Waals surface area contributed by atoms with Crippen LogP contribution in [-0.2, 0) is 9.59 Å². The van der Waals surface area contributed by atoms with Crippen LogP contribution in [0, 0.1) is 35.5 Å². The maximum absolute atomic E-state index is 12.7. The molecule has 0 aromatic heterocycles. The van der Waals surface area contributed by atoms with Crippen molar-refractivity contribution in [1.82, 2.24) is 5.32 Å². The van der Waals surface area contributed by atoms with Gasteiger partial charge in [0.1, 0.15) is 5.78 Å². The van der Waals surface area contributed by atoms with E-state index in [0.29, 0.717) is 17.7 Å². The largest absolute Gasteiger partial charge is 0.353 e. The topological polar surface area (TPSA) is 46.2 Å². The summed E-state index contributed by atoms with van der Waals surface area (Å²) in [7, 11) is 0. The van der Waals surface area contributed by atoms with Crippen molar-refractivity contribution in [3.05, 3.63) is 0 Å². The third-order valence-corrected chi connectivity index (χ3v) is 7.22. The Morgan fingerprint density at radius 3 is 2.36 bits per heavy atom. The van der Waals surface area contributed by atoms with Crippen LogP contribution >= 0.6 is 0 Å². The molecule has 122 valence electrons. The zero-order valence-corrected chi connectivity index (χ0v) is 13.7. The van der Waals surface area contributed by atoms with Crippen molar-refractivity contribution >= 4 is 11.7 Å². The summed E-state index contributed by atoms with van der Waals surface area (Å²) in [5, 5.41) is 3.33. The first-order chi connectivity index (χ1) is 10.6. The number of ketones is 1. The Balaban J connectivity index is 1.35. The van der Waals surface area contributed by atoms with Gasteiger partial charge in [-0.2, -0.15) is 0 Å². The van der Waals surface area contributed by atoms with E-state index >= 15 is 0 Å². The molecule has 6 unspecified atom stereocenters. The van der Waals surface area contributed by atoms with Gasteiger partial charge in [-0.25, -0.2) is 0 Å². The van der Waals surface area contributed by atoms with Gasteiger partial charge in [0, 0.05) is 23.8 Å². The molecule has 0 spiro atoms. The van der Waals surface area contributed by atoms with E-state index < -0.39 is 0 Å². The number of hydrogen-bond donors (Lipinski definition) is 1. The van der Waals surface area contributed by atoms with Gasteiger partial charge in [-0.1, -0.05) is 12.8 Å². The average Bonchev–Trinajstić information content (AvgIpc) is 3.09. The number of rotatable bonds is 3. The lowest BCUT2D eigenvalue weighted by atomic mass is 9.67. The Bertz CT molecular complexity index is 458. The normalized spacial score (nSPS) is 44.9. The number of nitrogens with one attached hydrogen (secondary N) is 1. The second-order valence-electron chi connectivity index (χ2n) is 8.53. The summed E-state index contributed by atoms with van der Waals surface area (Å²) in [4.78, 5) is 24.8. The van der Waals surface area contributed by atoms with E-state index in [4.69, 9.17) is 0 Å². The molecule has 1 amide bonds. The average molecular weight is 303 g/mol. The second-order valence-corrected chi connectivity index (χ2v) is 8.53. The van der Waals surface area contributed by atoms with Gasteiger partial charge in [0.15, 0.2) is 0 Å². The molecule has 4 bridgehead atoms. The fourth-order valence-corrected chi connectivity index (χ4v) is 6.05. The number of carbonyl (C=O) groups is 2. The Morgan fingerprint density at radius 1 is 1.05 bits per heavy atom. The molecule has 0 saturated heterocycles. The molecule has 6 atom stereocenters. The standard InChI is InChI=1S/C19H29NO2/c1-11(17-8-12-5-6-13(17)7-12)20-19(22)16-9-14-3-2-4-15(10-16)18(14)21/h11-17H,2-10H2,1H3,(H,20,22). The van der Waals surface area contributed by atoms with Crippen LogP contribution < -0.4 is 5.32 Å². The molecule has 0 heterocycles. The van der Waals surface area contributed by atoms with Crippen molar-refractivity contribution in [2.75, 3.05) is 0 Å². The van der Waals surface area contributed by atoms with Crippen LogP contribution in [0.3, 0.4) is 0 Å². The molecule has 4 saturated carbocycles.